The van der Waals surface area contributed by atoms with Crippen LogP contribution in [0.1, 0.15) is 0 Å². The van der Waals surface area contributed by atoms with Crippen molar-refractivity contribution in [3.05, 3.63) is 72.8 Å². The molecule has 5 rings (SSSR count). The maximum Gasteiger partial charge on any atom is 0.328 e. The summed E-state index contributed by atoms with van der Waals surface area (Å²) in [5, 5.41) is 10.9. The van der Waals surface area contributed by atoms with Crippen molar-refractivity contribution in [3.63, 3.8) is 0 Å². The van der Waals surface area contributed by atoms with Gasteiger partial charge in [-0.25, -0.2) is 9.78 Å². The van der Waals surface area contributed by atoms with Crippen LogP contribution in [0.25, 0.3) is 21.7 Å². The first-order valence-electron chi connectivity index (χ1n) is 11.9. The van der Waals surface area contributed by atoms with E-state index in [9.17, 15) is 9.90 Å². The number of piperazine rings is 1. The molecule has 1 unspecified atom stereocenters. The van der Waals surface area contributed by atoms with Crippen LogP contribution in [0.4, 0.5) is 16.5 Å². The number of para-hydroxylation sites is 2. The number of thiazole rings is 1. The molecular formula is C28H28N4O4S. The van der Waals surface area contributed by atoms with Gasteiger partial charge in [-0.05, 0) is 66.2 Å². The molecule has 0 radical (unpaired) electrons. The number of anilines is 3. The highest BCUT2D eigenvalue weighted by molar-refractivity contribution is 7.19. The fourth-order valence-corrected chi connectivity index (χ4v) is 5.66. The lowest BCUT2D eigenvalue weighted by Gasteiger charge is -2.41. The van der Waals surface area contributed by atoms with Crippen molar-refractivity contribution in [2.24, 2.45) is 0 Å². The van der Waals surface area contributed by atoms with Crippen molar-refractivity contribution in [1.82, 2.24) is 4.98 Å². The lowest BCUT2D eigenvalue weighted by molar-refractivity contribution is -0.138. The van der Waals surface area contributed by atoms with E-state index in [0.29, 0.717) is 25.3 Å². The van der Waals surface area contributed by atoms with E-state index < -0.39 is 12.0 Å². The summed E-state index contributed by atoms with van der Waals surface area (Å²) in [6, 6.07) is 22.3. The molecule has 0 spiro atoms. The zero-order chi connectivity index (χ0) is 25.9. The molecule has 1 aliphatic heterocycles. The summed E-state index contributed by atoms with van der Waals surface area (Å²) >= 11 is 1.56. The molecule has 1 fully saturated rings. The Kier molecular flexibility index (Phi) is 6.87. The Labute approximate surface area is 219 Å². The van der Waals surface area contributed by atoms with E-state index in [1.807, 2.05) is 71.6 Å². The summed E-state index contributed by atoms with van der Waals surface area (Å²) < 4.78 is 10.7. The van der Waals surface area contributed by atoms with Gasteiger partial charge in [0.25, 0.3) is 0 Å². The zero-order valence-corrected chi connectivity index (χ0v) is 21.4. The minimum absolute atomic E-state index is 0.293. The number of nitrogen functional groups attached to an aromatic ring is 1. The summed E-state index contributed by atoms with van der Waals surface area (Å²) in [6.07, 6.45) is 0. The van der Waals surface area contributed by atoms with Crippen LogP contribution in [0, 0.1) is 0 Å². The second-order valence-corrected chi connectivity index (χ2v) is 9.66. The summed E-state index contributed by atoms with van der Waals surface area (Å²) in [6.45, 7) is 1.43. The van der Waals surface area contributed by atoms with Gasteiger partial charge in [0.05, 0.1) is 42.7 Å². The Morgan fingerprint density at radius 1 is 0.946 bits per heavy atom. The SMILES string of the molecule is COc1ccc(-c2nc(N3CCN(c4ccccc4N)C(C(=O)O)C3)sc2-c2ccc(OC)cc2)cc1. The minimum Gasteiger partial charge on any atom is -0.497 e. The third-order valence-corrected chi connectivity index (χ3v) is 7.68. The molecular weight excluding hydrogens is 488 g/mol. The number of carbonyl (C=O) groups is 1. The summed E-state index contributed by atoms with van der Waals surface area (Å²) in [7, 11) is 3.28. The van der Waals surface area contributed by atoms with Crippen LogP contribution in [0.5, 0.6) is 11.5 Å². The zero-order valence-electron chi connectivity index (χ0n) is 20.6. The maximum absolute atomic E-state index is 12.3. The molecule has 8 nitrogen and oxygen atoms in total. The minimum atomic E-state index is -0.893. The fourth-order valence-electron chi connectivity index (χ4n) is 4.53. The van der Waals surface area contributed by atoms with Gasteiger partial charge in [-0.1, -0.05) is 23.5 Å². The molecule has 37 heavy (non-hydrogen) atoms. The number of aromatic nitrogens is 1. The molecule has 190 valence electrons. The Morgan fingerprint density at radius 3 is 2.16 bits per heavy atom. The maximum atomic E-state index is 12.3. The van der Waals surface area contributed by atoms with E-state index >= 15 is 0 Å². The predicted octanol–water partition coefficient (Wildman–Crippen LogP) is 4.86. The molecule has 1 atom stereocenters. The van der Waals surface area contributed by atoms with Gasteiger partial charge in [-0.2, -0.15) is 0 Å². The molecule has 2 heterocycles. The average Bonchev–Trinajstić information content (AvgIpc) is 3.38. The van der Waals surface area contributed by atoms with Crippen molar-refractivity contribution >= 4 is 33.8 Å². The van der Waals surface area contributed by atoms with E-state index in [1.165, 1.54) is 0 Å². The Bertz CT molecular complexity index is 1320. The number of hydrogen-bond acceptors (Lipinski definition) is 8. The molecule has 1 aromatic heterocycles. The quantitative estimate of drug-likeness (QED) is 0.336. The Hall–Kier alpha value is -4.24. The van der Waals surface area contributed by atoms with Crippen LogP contribution in [0.15, 0.2) is 72.8 Å². The number of nitrogens with two attached hydrogens (primary N) is 1. The van der Waals surface area contributed by atoms with E-state index in [-0.39, 0.29) is 0 Å². The lowest BCUT2D eigenvalue weighted by atomic mass is 10.1. The van der Waals surface area contributed by atoms with Crippen LogP contribution in [0.3, 0.4) is 0 Å². The Morgan fingerprint density at radius 2 is 1.57 bits per heavy atom. The molecule has 1 saturated heterocycles. The molecule has 3 N–H and O–H groups in total. The third-order valence-electron chi connectivity index (χ3n) is 6.51. The van der Waals surface area contributed by atoms with Crippen LogP contribution in [0.2, 0.25) is 0 Å². The fraction of sp³-hybridized carbons (Fsp3) is 0.214. The van der Waals surface area contributed by atoms with Crippen molar-refractivity contribution in [2.75, 3.05) is 49.4 Å². The highest BCUT2D eigenvalue weighted by atomic mass is 32.1. The number of aliphatic carboxylic acids is 1. The third kappa shape index (κ3) is 4.90. The lowest BCUT2D eigenvalue weighted by Crippen LogP contribution is -2.57. The molecule has 3 aromatic carbocycles. The van der Waals surface area contributed by atoms with Gasteiger partial charge in [0, 0.05) is 18.7 Å². The molecule has 0 bridgehead atoms. The van der Waals surface area contributed by atoms with Crippen LogP contribution in [-0.2, 0) is 4.79 Å². The summed E-state index contributed by atoms with van der Waals surface area (Å²) in [5.41, 5.74) is 10.3. The van der Waals surface area contributed by atoms with E-state index in [2.05, 4.69) is 4.90 Å². The first-order valence-corrected chi connectivity index (χ1v) is 12.7. The molecule has 4 aromatic rings. The number of carboxylic acid groups (broad SMARTS) is 1. The van der Waals surface area contributed by atoms with Crippen LogP contribution in [-0.4, -0.2) is 56.0 Å². The Balaban J connectivity index is 1.51. The second-order valence-electron chi connectivity index (χ2n) is 8.68. The van der Waals surface area contributed by atoms with E-state index in [0.717, 1.165) is 44.0 Å². The van der Waals surface area contributed by atoms with Gasteiger partial charge < -0.3 is 30.1 Å². The number of carboxylic acids is 1. The number of benzene rings is 3. The number of nitrogens with zero attached hydrogens (tertiary/aromatic N) is 3. The van der Waals surface area contributed by atoms with Crippen LogP contribution < -0.4 is 25.0 Å². The molecule has 1 aliphatic rings. The molecule has 0 amide bonds. The van der Waals surface area contributed by atoms with Gasteiger partial charge in [0.1, 0.15) is 17.5 Å². The number of ether oxygens (including phenoxy) is 2. The topological polar surface area (TPSA) is 101 Å². The van der Waals surface area contributed by atoms with Crippen LogP contribution >= 0.6 is 11.3 Å². The average molecular weight is 517 g/mol. The number of methoxy groups -OCH3 is 2. The van der Waals surface area contributed by atoms with E-state index in [1.54, 1.807) is 31.6 Å². The number of rotatable bonds is 7. The standard InChI is InChI=1S/C28H28N4O4S/c1-35-20-11-7-18(8-12-20)25-26(19-9-13-21(36-2)14-10-19)37-28(30-25)31-15-16-32(24(17-31)27(33)34)23-6-4-3-5-22(23)29/h3-14,24H,15-17,29H2,1-2H3,(H,33,34). The van der Waals surface area contributed by atoms with Crippen molar-refractivity contribution in [2.45, 2.75) is 6.04 Å². The van der Waals surface area contributed by atoms with Crippen molar-refractivity contribution in [1.29, 1.82) is 0 Å². The first kappa shape index (κ1) is 24.5. The van der Waals surface area contributed by atoms with E-state index in [4.69, 9.17) is 20.2 Å². The predicted molar refractivity (Wildman–Crippen MR) is 148 cm³/mol. The van der Waals surface area contributed by atoms with Gasteiger partial charge in [0.15, 0.2) is 5.13 Å². The second kappa shape index (κ2) is 10.4. The molecule has 9 heteroatoms. The van der Waals surface area contributed by atoms with Gasteiger partial charge in [-0.15, -0.1) is 0 Å². The smallest absolute Gasteiger partial charge is 0.328 e. The van der Waals surface area contributed by atoms with Crippen molar-refractivity contribution < 1.29 is 19.4 Å². The van der Waals surface area contributed by atoms with Gasteiger partial charge in [0.2, 0.25) is 0 Å². The highest BCUT2D eigenvalue weighted by Crippen LogP contribution is 2.42. The largest absolute Gasteiger partial charge is 0.497 e. The molecule has 0 aliphatic carbocycles. The molecule has 0 saturated carbocycles. The normalized spacial score (nSPS) is 15.5. The van der Waals surface area contributed by atoms with Crippen molar-refractivity contribution in [3.8, 4) is 33.2 Å². The van der Waals surface area contributed by atoms with Gasteiger partial charge in [-0.3, -0.25) is 0 Å². The number of hydrogen-bond donors (Lipinski definition) is 2. The summed E-state index contributed by atoms with van der Waals surface area (Å²) in [4.78, 5) is 22.3. The first-order chi connectivity index (χ1) is 18.0. The van der Waals surface area contributed by atoms with Gasteiger partial charge >= 0.3 is 5.97 Å². The monoisotopic (exact) mass is 516 g/mol. The summed E-state index contributed by atoms with van der Waals surface area (Å²) in [5.74, 6) is 0.654. The highest BCUT2D eigenvalue weighted by Gasteiger charge is 2.35.